The molecule has 4 atom stereocenters. The second-order valence-electron chi connectivity index (χ2n) is 4.63. The lowest BCUT2D eigenvalue weighted by Crippen LogP contribution is -2.50. The first kappa shape index (κ1) is 12.8. The van der Waals surface area contributed by atoms with E-state index >= 15 is 0 Å². The van der Waals surface area contributed by atoms with E-state index in [1.807, 2.05) is 13.8 Å². The van der Waals surface area contributed by atoms with E-state index in [0.29, 0.717) is 6.42 Å². The van der Waals surface area contributed by atoms with Crippen LogP contribution in [0.25, 0.3) is 0 Å². The summed E-state index contributed by atoms with van der Waals surface area (Å²) < 4.78 is 26.8. The maximum atomic E-state index is 11.5. The zero-order chi connectivity index (χ0) is 12.6. The number of hydrogen-bond acceptors (Lipinski definition) is 6. The standard InChI is InChI=1S/C11H18O6/c1-11(2)16-6-5-7(9(12)13-3)15-10(14-4)8(6)17-11/h6-8,10H,5H2,1-4H3/t6-,7-,8-,10-/m0/s1. The first-order valence-electron chi connectivity index (χ1n) is 5.58. The number of ether oxygens (including phenoxy) is 5. The maximum Gasteiger partial charge on any atom is 0.335 e. The lowest BCUT2D eigenvalue weighted by Gasteiger charge is -2.34. The molecule has 0 aromatic rings. The zero-order valence-corrected chi connectivity index (χ0v) is 10.5. The minimum Gasteiger partial charge on any atom is -0.467 e. The van der Waals surface area contributed by atoms with Gasteiger partial charge >= 0.3 is 5.97 Å². The van der Waals surface area contributed by atoms with Crippen LogP contribution in [0.4, 0.5) is 0 Å². The Balaban J connectivity index is 2.11. The summed E-state index contributed by atoms with van der Waals surface area (Å²) >= 11 is 0. The van der Waals surface area contributed by atoms with Crippen LogP contribution in [-0.2, 0) is 28.5 Å². The molecule has 0 N–H and O–H groups in total. The van der Waals surface area contributed by atoms with Gasteiger partial charge < -0.3 is 23.7 Å². The van der Waals surface area contributed by atoms with Gasteiger partial charge in [-0.2, -0.15) is 0 Å². The molecule has 17 heavy (non-hydrogen) atoms. The summed E-state index contributed by atoms with van der Waals surface area (Å²) in [6.07, 6.45) is -1.38. The van der Waals surface area contributed by atoms with Gasteiger partial charge in [-0.1, -0.05) is 0 Å². The average molecular weight is 246 g/mol. The minimum atomic E-state index is -0.680. The van der Waals surface area contributed by atoms with Gasteiger partial charge in [0, 0.05) is 13.5 Å². The molecule has 0 spiro atoms. The Hall–Kier alpha value is -0.690. The van der Waals surface area contributed by atoms with E-state index in [0.717, 1.165) is 0 Å². The Morgan fingerprint density at radius 3 is 2.59 bits per heavy atom. The summed E-state index contributed by atoms with van der Waals surface area (Å²) in [5.41, 5.74) is 0. The van der Waals surface area contributed by atoms with Crippen molar-refractivity contribution in [3.05, 3.63) is 0 Å². The molecule has 2 aliphatic rings. The van der Waals surface area contributed by atoms with Crippen LogP contribution in [0, 0.1) is 0 Å². The summed E-state index contributed by atoms with van der Waals surface area (Å²) in [7, 11) is 2.84. The van der Waals surface area contributed by atoms with Crippen molar-refractivity contribution in [1.29, 1.82) is 0 Å². The van der Waals surface area contributed by atoms with Crippen LogP contribution in [0.5, 0.6) is 0 Å². The highest BCUT2D eigenvalue weighted by atomic mass is 16.8. The van der Waals surface area contributed by atoms with Crippen LogP contribution in [0.2, 0.25) is 0 Å². The van der Waals surface area contributed by atoms with E-state index in [-0.39, 0.29) is 12.2 Å². The van der Waals surface area contributed by atoms with Crippen molar-refractivity contribution in [2.45, 2.75) is 50.7 Å². The van der Waals surface area contributed by atoms with Crippen molar-refractivity contribution in [2.24, 2.45) is 0 Å². The number of carbonyl (C=O) groups excluding carboxylic acids is 1. The summed E-state index contributed by atoms with van der Waals surface area (Å²) in [6.45, 7) is 3.65. The van der Waals surface area contributed by atoms with Gasteiger partial charge in [-0.25, -0.2) is 4.79 Å². The lowest BCUT2D eigenvalue weighted by molar-refractivity contribution is -0.244. The Kier molecular flexibility index (Phi) is 3.40. The molecule has 2 aliphatic heterocycles. The molecule has 0 bridgehead atoms. The molecule has 0 aromatic heterocycles. The first-order chi connectivity index (χ1) is 7.96. The molecule has 0 radical (unpaired) electrons. The topological polar surface area (TPSA) is 63.2 Å². The number of methoxy groups -OCH3 is 2. The van der Waals surface area contributed by atoms with Crippen molar-refractivity contribution >= 4 is 5.97 Å². The van der Waals surface area contributed by atoms with E-state index in [2.05, 4.69) is 4.74 Å². The molecular weight excluding hydrogens is 228 g/mol. The number of esters is 1. The highest BCUT2D eigenvalue weighted by Gasteiger charge is 2.51. The first-order valence-corrected chi connectivity index (χ1v) is 5.58. The Morgan fingerprint density at radius 2 is 2.00 bits per heavy atom. The van der Waals surface area contributed by atoms with Gasteiger partial charge in [0.2, 0.25) is 0 Å². The third-order valence-electron chi connectivity index (χ3n) is 2.93. The fourth-order valence-electron chi connectivity index (χ4n) is 2.25. The molecule has 0 saturated carbocycles. The van der Waals surface area contributed by atoms with Gasteiger partial charge in [-0.15, -0.1) is 0 Å². The van der Waals surface area contributed by atoms with Gasteiger partial charge in [-0.05, 0) is 13.8 Å². The quantitative estimate of drug-likeness (QED) is 0.659. The molecule has 2 rings (SSSR count). The lowest BCUT2D eigenvalue weighted by atomic mass is 10.0. The van der Waals surface area contributed by atoms with Gasteiger partial charge in [0.05, 0.1) is 13.2 Å². The smallest absolute Gasteiger partial charge is 0.335 e. The van der Waals surface area contributed by atoms with Crippen molar-refractivity contribution in [3.63, 3.8) is 0 Å². The molecule has 0 aromatic carbocycles. The summed E-state index contributed by atoms with van der Waals surface area (Å²) in [6, 6.07) is 0. The van der Waals surface area contributed by atoms with Crippen LogP contribution in [0.1, 0.15) is 20.3 Å². The average Bonchev–Trinajstić information content (AvgIpc) is 2.60. The molecule has 6 heteroatoms. The second-order valence-corrected chi connectivity index (χ2v) is 4.63. The molecule has 2 heterocycles. The second kappa shape index (κ2) is 4.53. The number of carbonyl (C=O) groups is 1. The summed E-state index contributed by atoms with van der Waals surface area (Å²) in [4.78, 5) is 11.5. The number of hydrogen-bond donors (Lipinski definition) is 0. The van der Waals surface area contributed by atoms with E-state index in [9.17, 15) is 4.79 Å². The Labute approximate surface area is 100 Å². The van der Waals surface area contributed by atoms with Crippen LogP contribution < -0.4 is 0 Å². The molecule has 6 nitrogen and oxygen atoms in total. The highest BCUT2D eigenvalue weighted by molar-refractivity contribution is 5.74. The molecule has 2 saturated heterocycles. The van der Waals surface area contributed by atoms with Crippen LogP contribution >= 0.6 is 0 Å². The van der Waals surface area contributed by atoms with Crippen LogP contribution in [0.3, 0.4) is 0 Å². The molecule has 0 unspecified atom stereocenters. The largest absolute Gasteiger partial charge is 0.467 e. The zero-order valence-electron chi connectivity index (χ0n) is 10.5. The fraction of sp³-hybridized carbons (Fsp3) is 0.909. The molecular formula is C11H18O6. The van der Waals surface area contributed by atoms with Crippen molar-refractivity contribution < 1.29 is 28.5 Å². The summed E-state index contributed by atoms with van der Waals surface area (Å²) in [5, 5.41) is 0. The van der Waals surface area contributed by atoms with Crippen LogP contribution in [-0.4, -0.2) is 50.6 Å². The van der Waals surface area contributed by atoms with Gasteiger partial charge in [-0.3, -0.25) is 0 Å². The van der Waals surface area contributed by atoms with Gasteiger partial charge in [0.25, 0.3) is 0 Å². The molecule has 98 valence electrons. The number of rotatable bonds is 2. The molecule has 0 aliphatic carbocycles. The van der Waals surface area contributed by atoms with Crippen LogP contribution in [0.15, 0.2) is 0 Å². The van der Waals surface area contributed by atoms with E-state index in [4.69, 9.17) is 18.9 Å². The van der Waals surface area contributed by atoms with Gasteiger partial charge in [0.1, 0.15) is 6.10 Å². The summed E-state index contributed by atoms with van der Waals surface area (Å²) in [5.74, 6) is -1.10. The van der Waals surface area contributed by atoms with E-state index < -0.39 is 24.2 Å². The van der Waals surface area contributed by atoms with Crippen molar-refractivity contribution in [3.8, 4) is 0 Å². The highest BCUT2D eigenvalue weighted by Crippen LogP contribution is 2.37. The van der Waals surface area contributed by atoms with Crippen molar-refractivity contribution in [2.75, 3.05) is 14.2 Å². The fourth-order valence-corrected chi connectivity index (χ4v) is 2.25. The van der Waals surface area contributed by atoms with E-state index in [1.54, 1.807) is 0 Å². The SMILES string of the molecule is COC(=O)[C@@H]1C[C@@H]2OC(C)(C)O[C@@H]2[C@@H](OC)O1. The van der Waals surface area contributed by atoms with E-state index in [1.165, 1.54) is 14.2 Å². The van der Waals surface area contributed by atoms with Crippen molar-refractivity contribution in [1.82, 2.24) is 0 Å². The maximum absolute atomic E-state index is 11.5. The predicted molar refractivity (Wildman–Crippen MR) is 56.1 cm³/mol. The number of fused-ring (bicyclic) bond motifs is 1. The predicted octanol–water partition coefficient (Wildman–Crippen LogP) is 0.441. The third-order valence-corrected chi connectivity index (χ3v) is 2.93. The Bertz CT molecular complexity index is 302. The molecule has 0 amide bonds. The third kappa shape index (κ3) is 2.44. The molecule has 2 fully saturated rings. The normalized spacial score (nSPS) is 39.8. The minimum absolute atomic E-state index is 0.215. The Morgan fingerprint density at radius 1 is 1.29 bits per heavy atom. The monoisotopic (exact) mass is 246 g/mol. The van der Waals surface area contributed by atoms with Gasteiger partial charge in [0.15, 0.2) is 18.2 Å².